The largest absolute Gasteiger partial charge is 0.303 e. The molecular formula is C10H14O. The Balaban J connectivity index is 2.94. The first-order valence-corrected chi connectivity index (χ1v) is 3.88. The van der Waals surface area contributed by atoms with E-state index in [9.17, 15) is 4.79 Å². The first-order valence-electron chi connectivity index (χ1n) is 3.88. The minimum Gasteiger partial charge on any atom is -0.303 e. The van der Waals surface area contributed by atoms with Gasteiger partial charge in [-0.2, -0.15) is 0 Å². The van der Waals surface area contributed by atoms with Crippen molar-refractivity contribution < 1.29 is 4.79 Å². The van der Waals surface area contributed by atoms with Crippen molar-refractivity contribution in [1.82, 2.24) is 0 Å². The molecule has 1 atom stereocenters. The van der Waals surface area contributed by atoms with Crippen LogP contribution in [0.1, 0.15) is 20.3 Å². The van der Waals surface area contributed by atoms with Gasteiger partial charge in [-0.25, -0.2) is 0 Å². The summed E-state index contributed by atoms with van der Waals surface area (Å²) in [6, 6.07) is 0. The summed E-state index contributed by atoms with van der Waals surface area (Å²) >= 11 is 0. The van der Waals surface area contributed by atoms with Gasteiger partial charge in [0.05, 0.1) is 0 Å². The van der Waals surface area contributed by atoms with Crippen molar-refractivity contribution in [2.45, 2.75) is 20.3 Å². The summed E-state index contributed by atoms with van der Waals surface area (Å²) in [6.45, 7) is 8.04. The van der Waals surface area contributed by atoms with Crippen molar-refractivity contribution in [3.05, 3.63) is 24.3 Å². The van der Waals surface area contributed by atoms with E-state index in [0.717, 1.165) is 18.3 Å². The van der Waals surface area contributed by atoms with Crippen LogP contribution < -0.4 is 0 Å². The minimum atomic E-state index is 0.00694. The second kappa shape index (κ2) is 2.65. The van der Waals surface area contributed by atoms with Crippen LogP contribution in [0.15, 0.2) is 24.3 Å². The fourth-order valence-electron chi connectivity index (χ4n) is 1.52. The lowest BCUT2D eigenvalue weighted by molar-refractivity contribution is -0.112. The molecule has 0 saturated heterocycles. The fraction of sp³-hybridized carbons (Fsp3) is 0.500. The molecular weight excluding hydrogens is 136 g/mol. The predicted octanol–water partition coefficient (Wildman–Crippen LogP) is 2.34. The number of hydrogen-bond acceptors (Lipinski definition) is 1. The molecule has 11 heavy (non-hydrogen) atoms. The van der Waals surface area contributed by atoms with E-state index in [1.54, 1.807) is 0 Å². The third-order valence-electron chi connectivity index (χ3n) is 2.35. The van der Waals surface area contributed by atoms with Gasteiger partial charge in [0.25, 0.3) is 0 Å². The molecule has 0 aromatic carbocycles. The maximum absolute atomic E-state index is 10.7. The molecule has 0 bridgehead atoms. The van der Waals surface area contributed by atoms with E-state index >= 15 is 0 Å². The van der Waals surface area contributed by atoms with Gasteiger partial charge in [0, 0.05) is 5.92 Å². The van der Waals surface area contributed by atoms with Crippen molar-refractivity contribution in [2.24, 2.45) is 11.3 Å². The normalized spacial score (nSPS) is 28.5. The van der Waals surface area contributed by atoms with E-state index in [0.29, 0.717) is 0 Å². The van der Waals surface area contributed by atoms with Gasteiger partial charge >= 0.3 is 0 Å². The molecule has 0 N–H and O–H groups in total. The number of hydrogen-bond donors (Lipinski definition) is 0. The molecule has 0 saturated carbocycles. The highest BCUT2D eigenvalue weighted by molar-refractivity contribution is 5.62. The minimum absolute atomic E-state index is 0.00694. The Labute approximate surface area is 67.8 Å². The van der Waals surface area contributed by atoms with Crippen LogP contribution in [-0.2, 0) is 4.79 Å². The molecule has 0 aromatic rings. The van der Waals surface area contributed by atoms with Gasteiger partial charge in [0.2, 0.25) is 0 Å². The summed E-state index contributed by atoms with van der Waals surface area (Å²) in [6.07, 6.45) is 6.01. The van der Waals surface area contributed by atoms with E-state index < -0.39 is 0 Å². The highest BCUT2D eigenvalue weighted by Crippen LogP contribution is 2.37. The standard InChI is InChI=1S/C10H14O/c1-8-5-4-6-10(2,3)9(8)7-11/h4-5,7,9H,1,6H2,2-3H3. The highest BCUT2D eigenvalue weighted by atomic mass is 16.1. The molecule has 1 aliphatic rings. The van der Waals surface area contributed by atoms with Crippen LogP contribution in [0.25, 0.3) is 0 Å². The van der Waals surface area contributed by atoms with Crippen molar-refractivity contribution in [2.75, 3.05) is 0 Å². The van der Waals surface area contributed by atoms with Crippen LogP contribution in [0.5, 0.6) is 0 Å². The first kappa shape index (κ1) is 8.25. The molecule has 1 rings (SSSR count). The lowest BCUT2D eigenvalue weighted by atomic mass is 9.70. The van der Waals surface area contributed by atoms with Crippen molar-refractivity contribution in [3.8, 4) is 0 Å². The maximum Gasteiger partial charge on any atom is 0.127 e. The van der Waals surface area contributed by atoms with Gasteiger partial charge < -0.3 is 4.79 Å². The molecule has 60 valence electrons. The smallest absolute Gasteiger partial charge is 0.127 e. The Morgan fingerprint density at radius 1 is 1.73 bits per heavy atom. The number of carbonyl (C=O) groups is 1. The summed E-state index contributed by atoms with van der Waals surface area (Å²) in [7, 11) is 0. The van der Waals surface area contributed by atoms with Crippen molar-refractivity contribution in [3.63, 3.8) is 0 Å². The molecule has 1 unspecified atom stereocenters. The Morgan fingerprint density at radius 2 is 2.36 bits per heavy atom. The molecule has 0 spiro atoms. The second-order valence-electron chi connectivity index (χ2n) is 3.78. The molecule has 0 radical (unpaired) electrons. The highest BCUT2D eigenvalue weighted by Gasteiger charge is 2.31. The van der Waals surface area contributed by atoms with E-state index in [-0.39, 0.29) is 11.3 Å². The van der Waals surface area contributed by atoms with Crippen LogP contribution in [0, 0.1) is 11.3 Å². The zero-order valence-electron chi connectivity index (χ0n) is 7.13. The van der Waals surface area contributed by atoms with Gasteiger partial charge in [-0.3, -0.25) is 0 Å². The lowest BCUT2D eigenvalue weighted by Crippen LogP contribution is -2.28. The van der Waals surface area contributed by atoms with E-state index in [1.165, 1.54) is 0 Å². The monoisotopic (exact) mass is 150 g/mol. The molecule has 1 nitrogen and oxygen atoms in total. The van der Waals surface area contributed by atoms with Crippen LogP contribution in [0.3, 0.4) is 0 Å². The van der Waals surface area contributed by atoms with E-state index in [1.807, 2.05) is 6.08 Å². The topological polar surface area (TPSA) is 17.1 Å². The van der Waals surface area contributed by atoms with Crippen LogP contribution in [0.2, 0.25) is 0 Å². The van der Waals surface area contributed by atoms with Crippen molar-refractivity contribution >= 4 is 6.29 Å². The second-order valence-corrected chi connectivity index (χ2v) is 3.78. The first-order chi connectivity index (χ1) is 5.08. The molecule has 0 fully saturated rings. The zero-order chi connectivity index (χ0) is 8.48. The van der Waals surface area contributed by atoms with Gasteiger partial charge in [-0.05, 0) is 17.4 Å². The lowest BCUT2D eigenvalue weighted by Gasteiger charge is -2.33. The maximum atomic E-state index is 10.7. The summed E-state index contributed by atoms with van der Waals surface area (Å²) in [5.41, 5.74) is 1.00. The third-order valence-corrected chi connectivity index (χ3v) is 2.35. The SMILES string of the molecule is C=C1C=CCC(C)(C)C1C=O. The van der Waals surface area contributed by atoms with Crippen molar-refractivity contribution in [1.29, 1.82) is 0 Å². The molecule has 0 aliphatic heterocycles. The molecule has 0 heterocycles. The average Bonchev–Trinajstić information content (AvgIpc) is 1.86. The summed E-state index contributed by atoms with van der Waals surface area (Å²) in [5.74, 6) is 0.00694. The number of carbonyl (C=O) groups excluding carboxylic acids is 1. The van der Waals surface area contributed by atoms with E-state index in [4.69, 9.17) is 0 Å². The Kier molecular flexibility index (Phi) is 1.99. The van der Waals surface area contributed by atoms with E-state index in [2.05, 4.69) is 26.5 Å². The van der Waals surface area contributed by atoms with Crippen LogP contribution in [0.4, 0.5) is 0 Å². The van der Waals surface area contributed by atoms with Crippen LogP contribution in [-0.4, -0.2) is 6.29 Å². The van der Waals surface area contributed by atoms with Gasteiger partial charge in [-0.15, -0.1) is 0 Å². The summed E-state index contributed by atoms with van der Waals surface area (Å²) in [5, 5.41) is 0. The van der Waals surface area contributed by atoms with Crippen LogP contribution >= 0.6 is 0 Å². The van der Waals surface area contributed by atoms with Gasteiger partial charge in [0.15, 0.2) is 0 Å². The Bertz CT molecular complexity index is 211. The average molecular weight is 150 g/mol. The predicted molar refractivity (Wildman–Crippen MR) is 46.2 cm³/mol. The number of aldehydes is 1. The number of allylic oxidation sites excluding steroid dienone is 3. The Hall–Kier alpha value is -0.850. The number of rotatable bonds is 1. The summed E-state index contributed by atoms with van der Waals surface area (Å²) < 4.78 is 0. The van der Waals surface area contributed by atoms with Gasteiger partial charge in [0.1, 0.15) is 6.29 Å². The molecule has 1 heteroatoms. The molecule has 0 aromatic heterocycles. The quantitative estimate of drug-likeness (QED) is 0.524. The fourth-order valence-corrected chi connectivity index (χ4v) is 1.52. The zero-order valence-corrected chi connectivity index (χ0v) is 7.13. The summed E-state index contributed by atoms with van der Waals surface area (Å²) in [4.78, 5) is 10.7. The third kappa shape index (κ3) is 1.42. The Morgan fingerprint density at radius 3 is 2.73 bits per heavy atom. The van der Waals surface area contributed by atoms with Gasteiger partial charge in [-0.1, -0.05) is 32.6 Å². The molecule has 0 amide bonds. The molecule has 1 aliphatic carbocycles.